The first-order valence-electron chi connectivity index (χ1n) is 9.77. The molecule has 0 unspecified atom stereocenters. The number of anilines is 1. The average Bonchev–Trinajstić information content (AvgIpc) is 2.81. The summed E-state index contributed by atoms with van der Waals surface area (Å²) in [7, 11) is 2.79. The van der Waals surface area contributed by atoms with Crippen molar-refractivity contribution in [3.63, 3.8) is 0 Å². The molecule has 1 aliphatic rings. The molecular weight excluding hydrogens is 427 g/mol. The Morgan fingerprint density at radius 1 is 1.16 bits per heavy atom. The van der Waals surface area contributed by atoms with Crippen molar-refractivity contribution in [1.82, 2.24) is 10.2 Å². The van der Waals surface area contributed by atoms with Gasteiger partial charge in [-0.1, -0.05) is 12.1 Å². The number of aromatic nitrogens is 2. The number of carbonyl (C=O) groups is 1. The van der Waals surface area contributed by atoms with Gasteiger partial charge in [0.15, 0.2) is 0 Å². The van der Waals surface area contributed by atoms with E-state index < -0.39 is 17.5 Å². The summed E-state index contributed by atoms with van der Waals surface area (Å²) in [5.74, 6) is -1.46. The van der Waals surface area contributed by atoms with Gasteiger partial charge in [0.2, 0.25) is 0 Å². The minimum atomic E-state index is -5.03. The van der Waals surface area contributed by atoms with Crippen LogP contribution in [-0.4, -0.2) is 56.1 Å². The molecule has 3 aromatic rings. The normalized spacial score (nSPS) is 16.8. The number of carbonyl (C=O) groups excluding carboxylic acids is 1. The van der Waals surface area contributed by atoms with Crippen molar-refractivity contribution in [2.45, 2.75) is 12.3 Å². The molecule has 0 radical (unpaired) electrons. The SMILES string of the molecule is COc1ccc([C@H]2CN(c3cnnc4cc(OC)c(C(=O)C(F)(F)F)cc34)CCO2)cc1. The topological polar surface area (TPSA) is 73.8 Å². The molecular formula is C22H20F3N3O4. The Balaban J connectivity index is 1.72. The van der Waals surface area contributed by atoms with E-state index in [1.807, 2.05) is 29.2 Å². The fraction of sp³-hybridized carbons (Fsp3) is 0.318. The lowest BCUT2D eigenvalue weighted by atomic mass is 10.0. The van der Waals surface area contributed by atoms with E-state index in [-0.39, 0.29) is 11.9 Å². The average molecular weight is 447 g/mol. The Bertz CT molecular complexity index is 1140. The lowest BCUT2D eigenvalue weighted by molar-refractivity contribution is -0.0886. The van der Waals surface area contributed by atoms with Gasteiger partial charge in [-0.2, -0.15) is 23.4 Å². The van der Waals surface area contributed by atoms with Gasteiger partial charge in [0.1, 0.15) is 17.6 Å². The van der Waals surface area contributed by atoms with Crippen LogP contribution < -0.4 is 14.4 Å². The summed E-state index contributed by atoms with van der Waals surface area (Å²) in [5.41, 5.74) is 1.26. The van der Waals surface area contributed by atoms with Gasteiger partial charge in [-0.3, -0.25) is 4.79 Å². The zero-order chi connectivity index (χ0) is 22.9. The summed E-state index contributed by atoms with van der Waals surface area (Å²) < 4.78 is 55.5. The molecule has 0 aliphatic carbocycles. The van der Waals surface area contributed by atoms with Crippen molar-refractivity contribution in [3.05, 3.63) is 53.7 Å². The first kappa shape index (κ1) is 21.8. The summed E-state index contributed by atoms with van der Waals surface area (Å²) in [5, 5.41) is 8.38. The minimum Gasteiger partial charge on any atom is -0.497 e. The van der Waals surface area contributed by atoms with Crippen LogP contribution in [0.2, 0.25) is 0 Å². The second kappa shape index (κ2) is 8.62. The van der Waals surface area contributed by atoms with Crippen LogP contribution in [0.15, 0.2) is 42.6 Å². The number of ether oxygens (including phenoxy) is 3. The van der Waals surface area contributed by atoms with E-state index in [4.69, 9.17) is 14.2 Å². The van der Waals surface area contributed by atoms with Crippen molar-refractivity contribution in [1.29, 1.82) is 0 Å². The zero-order valence-electron chi connectivity index (χ0n) is 17.3. The van der Waals surface area contributed by atoms with E-state index in [0.29, 0.717) is 36.3 Å². The maximum Gasteiger partial charge on any atom is 0.455 e. The van der Waals surface area contributed by atoms with Crippen molar-refractivity contribution in [2.24, 2.45) is 0 Å². The molecule has 1 saturated heterocycles. The molecule has 1 aromatic heterocycles. The number of benzene rings is 2. The first-order chi connectivity index (χ1) is 15.3. The minimum absolute atomic E-state index is 0.204. The molecule has 10 heteroatoms. The maximum atomic E-state index is 13.1. The van der Waals surface area contributed by atoms with Gasteiger partial charge in [-0.25, -0.2) is 0 Å². The van der Waals surface area contributed by atoms with E-state index in [0.717, 1.165) is 11.3 Å². The van der Waals surface area contributed by atoms with Crippen LogP contribution in [0.1, 0.15) is 22.0 Å². The Kier molecular flexibility index (Phi) is 5.88. The fourth-order valence-electron chi connectivity index (χ4n) is 3.71. The first-order valence-corrected chi connectivity index (χ1v) is 9.77. The molecule has 168 valence electrons. The van der Waals surface area contributed by atoms with Gasteiger partial charge in [-0.15, -0.1) is 0 Å². The number of halogens is 3. The molecule has 0 amide bonds. The number of alkyl halides is 3. The standard InChI is InChI=1S/C22H20F3N3O4/c1-30-14-5-3-13(4-6-14)20-12-28(7-8-32-20)18-11-26-27-17-10-19(31-2)16(9-15(17)18)21(29)22(23,24)25/h3-6,9-11,20H,7-8,12H2,1-2H3/t20-/m1/s1. The van der Waals surface area contributed by atoms with Gasteiger partial charge in [0.25, 0.3) is 5.78 Å². The van der Waals surface area contributed by atoms with Crippen molar-refractivity contribution in [3.8, 4) is 11.5 Å². The summed E-state index contributed by atoms with van der Waals surface area (Å²) in [4.78, 5) is 13.9. The second-order valence-electron chi connectivity index (χ2n) is 7.20. The van der Waals surface area contributed by atoms with Crippen LogP contribution in [-0.2, 0) is 4.74 Å². The molecule has 0 saturated carbocycles. The molecule has 0 spiro atoms. The van der Waals surface area contributed by atoms with Crippen LogP contribution >= 0.6 is 0 Å². The highest BCUT2D eigenvalue weighted by atomic mass is 19.4. The number of ketones is 1. The molecule has 4 rings (SSSR count). The van der Waals surface area contributed by atoms with Crippen molar-refractivity contribution >= 4 is 22.4 Å². The molecule has 1 atom stereocenters. The zero-order valence-corrected chi connectivity index (χ0v) is 17.3. The molecule has 0 N–H and O–H groups in total. The van der Waals surface area contributed by atoms with E-state index in [1.165, 1.54) is 25.4 Å². The third-order valence-corrected chi connectivity index (χ3v) is 5.34. The number of rotatable bonds is 5. The van der Waals surface area contributed by atoms with Crippen molar-refractivity contribution in [2.75, 3.05) is 38.8 Å². The van der Waals surface area contributed by atoms with Gasteiger partial charge < -0.3 is 19.1 Å². The molecule has 1 fully saturated rings. The molecule has 0 bridgehead atoms. The largest absolute Gasteiger partial charge is 0.497 e. The molecule has 1 aliphatic heterocycles. The van der Waals surface area contributed by atoms with Crippen LogP contribution in [0, 0.1) is 0 Å². The number of fused-ring (bicyclic) bond motifs is 1. The number of methoxy groups -OCH3 is 2. The Morgan fingerprint density at radius 3 is 2.56 bits per heavy atom. The Morgan fingerprint density at radius 2 is 1.91 bits per heavy atom. The molecule has 2 aromatic carbocycles. The maximum absolute atomic E-state index is 13.1. The Hall–Kier alpha value is -3.40. The van der Waals surface area contributed by atoms with Gasteiger partial charge in [-0.05, 0) is 23.8 Å². The predicted molar refractivity (Wildman–Crippen MR) is 110 cm³/mol. The van der Waals surface area contributed by atoms with Crippen LogP contribution in [0.25, 0.3) is 10.9 Å². The van der Waals surface area contributed by atoms with E-state index in [9.17, 15) is 18.0 Å². The number of morpholine rings is 1. The van der Waals surface area contributed by atoms with E-state index >= 15 is 0 Å². The lowest BCUT2D eigenvalue weighted by Crippen LogP contribution is -2.38. The molecule has 7 nitrogen and oxygen atoms in total. The predicted octanol–water partition coefficient (Wildman–Crippen LogP) is 3.97. The lowest BCUT2D eigenvalue weighted by Gasteiger charge is -2.35. The Labute approximate surface area is 181 Å². The molecule has 32 heavy (non-hydrogen) atoms. The van der Waals surface area contributed by atoms with Gasteiger partial charge in [0.05, 0.1) is 43.8 Å². The van der Waals surface area contributed by atoms with Crippen LogP contribution in [0.3, 0.4) is 0 Å². The summed E-state index contributed by atoms with van der Waals surface area (Å²) in [6, 6.07) is 9.95. The smallest absolute Gasteiger partial charge is 0.455 e. The van der Waals surface area contributed by atoms with E-state index in [2.05, 4.69) is 10.2 Å². The van der Waals surface area contributed by atoms with Crippen LogP contribution in [0.4, 0.5) is 18.9 Å². The van der Waals surface area contributed by atoms with Gasteiger partial charge >= 0.3 is 6.18 Å². The summed E-state index contributed by atoms with van der Waals surface area (Å²) >= 11 is 0. The number of Topliss-reactive ketones (excluding diaryl/α,β-unsaturated/α-hetero) is 1. The third-order valence-electron chi connectivity index (χ3n) is 5.34. The molecule has 2 heterocycles. The second-order valence-corrected chi connectivity index (χ2v) is 7.20. The quantitative estimate of drug-likeness (QED) is 0.548. The highest BCUT2D eigenvalue weighted by Crippen LogP contribution is 2.36. The number of hydrogen-bond donors (Lipinski definition) is 0. The highest BCUT2D eigenvalue weighted by Gasteiger charge is 2.41. The monoisotopic (exact) mass is 447 g/mol. The third kappa shape index (κ3) is 4.18. The van der Waals surface area contributed by atoms with Crippen LogP contribution in [0.5, 0.6) is 11.5 Å². The van der Waals surface area contributed by atoms with Crippen molar-refractivity contribution < 1.29 is 32.2 Å². The summed E-state index contributed by atoms with van der Waals surface area (Å²) in [6.07, 6.45) is -3.81. The highest BCUT2D eigenvalue weighted by molar-refractivity contribution is 6.07. The number of hydrogen-bond acceptors (Lipinski definition) is 7. The fourth-order valence-corrected chi connectivity index (χ4v) is 3.71. The van der Waals surface area contributed by atoms with Gasteiger partial charge in [0, 0.05) is 24.5 Å². The summed E-state index contributed by atoms with van der Waals surface area (Å²) in [6.45, 7) is 1.36. The van der Waals surface area contributed by atoms with E-state index in [1.54, 1.807) is 7.11 Å². The number of nitrogens with zero attached hydrogens (tertiary/aromatic N) is 3.